The molecule has 0 aliphatic carbocycles. The van der Waals surface area contributed by atoms with Gasteiger partial charge in [0.15, 0.2) is 0 Å². The molecule has 1 amide bonds. The molecule has 0 aromatic heterocycles. The Balaban J connectivity index is 2.53. The number of allylic oxidation sites excluding steroid dienone is 2. The molecule has 0 bridgehead atoms. The number of carboxylic acid groups (broad SMARTS) is 1. The first-order chi connectivity index (χ1) is 9.56. The average Bonchev–Trinajstić information content (AvgIpc) is 2.53. The summed E-state index contributed by atoms with van der Waals surface area (Å²) in [6.45, 7) is 5.52. The van der Waals surface area contributed by atoms with Crippen LogP contribution in [0.25, 0.3) is 0 Å². The SMILES string of the molecule is C=CC1=C(/C=C\C)Sc2ccc(C(=O)O)cc2NC1=O. The van der Waals surface area contributed by atoms with Gasteiger partial charge in [0.05, 0.1) is 16.8 Å². The van der Waals surface area contributed by atoms with Crippen LogP contribution in [0.4, 0.5) is 5.69 Å². The lowest BCUT2D eigenvalue weighted by molar-refractivity contribution is -0.112. The van der Waals surface area contributed by atoms with Gasteiger partial charge in [0, 0.05) is 9.80 Å². The van der Waals surface area contributed by atoms with Crippen LogP contribution in [0.2, 0.25) is 0 Å². The Kier molecular flexibility index (Phi) is 4.10. The van der Waals surface area contributed by atoms with Crippen molar-refractivity contribution in [3.8, 4) is 0 Å². The van der Waals surface area contributed by atoms with Crippen LogP contribution in [0.3, 0.4) is 0 Å². The van der Waals surface area contributed by atoms with Crippen LogP contribution >= 0.6 is 11.8 Å². The van der Waals surface area contributed by atoms with Gasteiger partial charge in [0.1, 0.15) is 0 Å². The van der Waals surface area contributed by atoms with Gasteiger partial charge in [0.2, 0.25) is 0 Å². The summed E-state index contributed by atoms with van der Waals surface area (Å²) in [7, 11) is 0. The zero-order valence-electron chi connectivity index (χ0n) is 10.8. The van der Waals surface area contributed by atoms with E-state index in [1.54, 1.807) is 6.07 Å². The van der Waals surface area contributed by atoms with Crippen molar-refractivity contribution in [2.24, 2.45) is 0 Å². The highest BCUT2D eigenvalue weighted by Crippen LogP contribution is 2.39. The van der Waals surface area contributed by atoms with Crippen molar-refractivity contribution in [1.82, 2.24) is 0 Å². The molecular formula is C15H13NO3S. The Bertz CT molecular complexity index is 659. The molecule has 20 heavy (non-hydrogen) atoms. The van der Waals surface area contributed by atoms with E-state index in [4.69, 9.17) is 5.11 Å². The van der Waals surface area contributed by atoms with E-state index in [-0.39, 0.29) is 11.5 Å². The largest absolute Gasteiger partial charge is 0.478 e. The minimum absolute atomic E-state index is 0.138. The lowest BCUT2D eigenvalue weighted by atomic mass is 10.2. The first-order valence-electron chi connectivity index (χ1n) is 5.92. The molecule has 2 N–H and O–H groups in total. The van der Waals surface area contributed by atoms with Crippen molar-refractivity contribution in [3.63, 3.8) is 0 Å². The molecule has 0 radical (unpaired) electrons. The number of amides is 1. The van der Waals surface area contributed by atoms with Gasteiger partial charge in [-0.1, -0.05) is 36.6 Å². The molecule has 1 aliphatic heterocycles. The summed E-state index contributed by atoms with van der Waals surface area (Å²) in [5.41, 5.74) is 1.11. The minimum Gasteiger partial charge on any atom is -0.478 e. The summed E-state index contributed by atoms with van der Waals surface area (Å²) in [6, 6.07) is 4.67. The summed E-state index contributed by atoms with van der Waals surface area (Å²) >= 11 is 1.40. The van der Waals surface area contributed by atoms with Crippen molar-refractivity contribution in [1.29, 1.82) is 0 Å². The number of rotatable bonds is 3. The third-order valence-corrected chi connectivity index (χ3v) is 3.88. The van der Waals surface area contributed by atoms with Gasteiger partial charge in [-0.25, -0.2) is 4.79 Å². The Morgan fingerprint density at radius 2 is 2.20 bits per heavy atom. The normalized spacial score (nSPS) is 14.8. The van der Waals surface area contributed by atoms with Crippen LogP contribution in [0, 0.1) is 0 Å². The van der Waals surface area contributed by atoms with E-state index >= 15 is 0 Å². The molecule has 0 spiro atoms. The third kappa shape index (κ3) is 2.67. The van der Waals surface area contributed by atoms with Crippen molar-refractivity contribution < 1.29 is 14.7 Å². The lowest BCUT2D eigenvalue weighted by Crippen LogP contribution is -2.13. The molecule has 0 unspecified atom stereocenters. The quantitative estimate of drug-likeness (QED) is 0.893. The number of carboxylic acids is 1. The summed E-state index contributed by atoms with van der Waals surface area (Å²) in [5, 5.41) is 11.7. The number of hydrogen-bond acceptors (Lipinski definition) is 3. The number of carbonyl (C=O) groups excluding carboxylic acids is 1. The molecule has 2 rings (SSSR count). The maximum absolute atomic E-state index is 12.1. The summed E-state index contributed by atoms with van der Waals surface area (Å²) < 4.78 is 0. The summed E-state index contributed by atoms with van der Waals surface area (Å²) in [5.74, 6) is -1.32. The van der Waals surface area contributed by atoms with Crippen molar-refractivity contribution in [2.45, 2.75) is 11.8 Å². The van der Waals surface area contributed by atoms with Crippen LogP contribution in [0.15, 0.2) is 58.4 Å². The zero-order valence-corrected chi connectivity index (χ0v) is 11.7. The van der Waals surface area contributed by atoms with Gasteiger partial charge in [-0.2, -0.15) is 0 Å². The molecule has 0 fully saturated rings. The predicted octanol–water partition coefficient (Wildman–Crippen LogP) is 3.45. The van der Waals surface area contributed by atoms with E-state index < -0.39 is 5.97 Å². The van der Waals surface area contributed by atoms with Gasteiger partial charge < -0.3 is 10.4 Å². The molecule has 1 aromatic rings. The number of carbonyl (C=O) groups is 2. The van der Waals surface area contributed by atoms with Crippen LogP contribution in [0.1, 0.15) is 17.3 Å². The molecule has 1 aliphatic rings. The van der Waals surface area contributed by atoms with E-state index in [1.165, 1.54) is 30.0 Å². The van der Waals surface area contributed by atoms with E-state index in [0.29, 0.717) is 11.3 Å². The van der Waals surface area contributed by atoms with Crippen molar-refractivity contribution >= 4 is 29.3 Å². The number of anilines is 1. The highest BCUT2D eigenvalue weighted by atomic mass is 32.2. The predicted molar refractivity (Wildman–Crippen MR) is 79.9 cm³/mol. The number of benzene rings is 1. The van der Waals surface area contributed by atoms with E-state index in [0.717, 1.165) is 9.80 Å². The maximum atomic E-state index is 12.1. The fourth-order valence-electron chi connectivity index (χ4n) is 1.79. The number of fused-ring (bicyclic) bond motifs is 1. The van der Waals surface area contributed by atoms with Crippen LogP contribution in [0.5, 0.6) is 0 Å². The molecule has 0 saturated heterocycles. The van der Waals surface area contributed by atoms with Gasteiger partial charge in [-0.15, -0.1) is 0 Å². The summed E-state index contributed by atoms with van der Waals surface area (Å²) in [4.78, 5) is 24.7. The smallest absolute Gasteiger partial charge is 0.335 e. The van der Waals surface area contributed by atoms with E-state index in [2.05, 4.69) is 11.9 Å². The Hall–Kier alpha value is -2.27. The molecule has 4 nitrogen and oxygen atoms in total. The molecule has 0 saturated carbocycles. The molecule has 102 valence electrons. The molecule has 0 atom stereocenters. The number of hydrogen-bond donors (Lipinski definition) is 2. The third-order valence-electron chi connectivity index (χ3n) is 2.73. The topological polar surface area (TPSA) is 66.4 Å². The van der Waals surface area contributed by atoms with Crippen LogP contribution in [-0.2, 0) is 4.79 Å². The second-order valence-corrected chi connectivity index (χ2v) is 5.14. The van der Waals surface area contributed by atoms with Crippen LogP contribution < -0.4 is 5.32 Å². The highest BCUT2D eigenvalue weighted by molar-refractivity contribution is 8.03. The zero-order chi connectivity index (χ0) is 14.7. The first-order valence-corrected chi connectivity index (χ1v) is 6.74. The number of nitrogens with one attached hydrogen (secondary N) is 1. The van der Waals surface area contributed by atoms with E-state index in [1.807, 2.05) is 19.1 Å². The Morgan fingerprint density at radius 3 is 2.80 bits per heavy atom. The fourth-order valence-corrected chi connectivity index (χ4v) is 2.88. The summed E-state index contributed by atoms with van der Waals surface area (Å²) in [6.07, 6.45) is 5.18. The van der Waals surface area contributed by atoms with Crippen molar-refractivity contribution in [2.75, 3.05) is 5.32 Å². The van der Waals surface area contributed by atoms with Gasteiger partial charge >= 0.3 is 5.97 Å². The Morgan fingerprint density at radius 1 is 1.45 bits per heavy atom. The standard InChI is InChI=1S/C15H13NO3S/c1-3-5-12-10(4-2)14(17)16-11-8-9(15(18)19)6-7-13(11)20-12/h3-8H,2H2,1H3,(H,16,17)(H,18,19)/b5-3-. The monoisotopic (exact) mass is 287 g/mol. The second kappa shape index (κ2) is 5.79. The first kappa shape index (κ1) is 14.1. The molecule has 5 heteroatoms. The van der Waals surface area contributed by atoms with Crippen LogP contribution in [-0.4, -0.2) is 17.0 Å². The second-order valence-electron chi connectivity index (χ2n) is 4.05. The van der Waals surface area contributed by atoms with Crippen molar-refractivity contribution in [3.05, 3.63) is 59.0 Å². The average molecular weight is 287 g/mol. The Labute approximate surface area is 120 Å². The minimum atomic E-state index is -1.03. The van der Waals surface area contributed by atoms with Gasteiger partial charge in [-0.05, 0) is 25.1 Å². The molecular weight excluding hydrogens is 274 g/mol. The lowest BCUT2D eigenvalue weighted by Gasteiger charge is -2.07. The molecule has 1 heterocycles. The number of aromatic carboxylic acids is 1. The molecule has 1 aromatic carbocycles. The highest BCUT2D eigenvalue weighted by Gasteiger charge is 2.20. The maximum Gasteiger partial charge on any atom is 0.335 e. The van der Waals surface area contributed by atoms with E-state index in [9.17, 15) is 9.59 Å². The van der Waals surface area contributed by atoms with Gasteiger partial charge in [-0.3, -0.25) is 4.79 Å². The van der Waals surface area contributed by atoms with Gasteiger partial charge in [0.25, 0.3) is 5.91 Å². The fraction of sp³-hybridized carbons (Fsp3) is 0.0667. The number of thioether (sulfide) groups is 1.